The first-order chi connectivity index (χ1) is 29.9. The number of hydrogen-bond donors (Lipinski definition) is 5. The maximum absolute atomic E-state index is 12.0. The van der Waals surface area contributed by atoms with Crippen LogP contribution in [0.5, 0.6) is 0 Å². The zero-order chi connectivity index (χ0) is 45.5. The standard InChI is InChI=1S/C42H70N4O16/c1-42(2,3)62-39(50)15-22-57-26-30-59-24-18-45-37(48)13-20-54-25-29-58-23-17-44-38(49)14-21-56-28-32-60-31-27-55-19-12-36(47)43-16-8-7-11-35(40(51)52)46-41(53)61-33-34-9-5-4-6-10-34/h4-6,9-10,35H,7-8,11-33H2,1-3H3,(H,43,47)(H,44,49)(H,45,48)(H,46,53)(H,51,52)/t35-/m0/s1. The molecule has 0 unspecified atom stereocenters. The van der Waals surface area contributed by atoms with Crippen LogP contribution in [0.3, 0.4) is 0 Å². The second-order valence-electron chi connectivity index (χ2n) is 14.5. The second kappa shape index (κ2) is 37.1. The van der Waals surface area contributed by atoms with E-state index in [0.29, 0.717) is 98.5 Å². The van der Waals surface area contributed by atoms with Crippen molar-refractivity contribution >= 4 is 35.8 Å². The number of carbonyl (C=O) groups is 6. The molecular weight excluding hydrogens is 816 g/mol. The van der Waals surface area contributed by atoms with Gasteiger partial charge in [-0.1, -0.05) is 30.3 Å². The predicted octanol–water partition coefficient (Wildman–Crippen LogP) is 1.90. The molecule has 20 heteroatoms. The van der Waals surface area contributed by atoms with Crippen molar-refractivity contribution < 1.29 is 76.5 Å². The number of carbonyl (C=O) groups excluding carboxylic acids is 5. The molecule has 0 saturated carbocycles. The lowest BCUT2D eigenvalue weighted by Gasteiger charge is -2.19. The SMILES string of the molecule is CC(C)(C)OC(=O)CCOCCOCCNC(=O)CCOCCOCCNC(=O)CCOCCOCCOCCC(=O)NCCCC[C@H](NC(=O)OCc1ccccc1)C(=O)O. The molecule has 0 radical (unpaired) electrons. The van der Waals surface area contributed by atoms with Crippen LogP contribution in [0.4, 0.5) is 4.79 Å². The van der Waals surface area contributed by atoms with Crippen LogP contribution in [-0.2, 0) is 73.2 Å². The summed E-state index contributed by atoms with van der Waals surface area (Å²) in [6.45, 7) is 10.8. The zero-order valence-electron chi connectivity index (χ0n) is 36.7. The number of carboxylic acid groups (broad SMARTS) is 1. The van der Waals surface area contributed by atoms with E-state index in [4.69, 9.17) is 42.6 Å². The average Bonchev–Trinajstić information content (AvgIpc) is 3.22. The highest BCUT2D eigenvalue weighted by molar-refractivity contribution is 5.80. The normalized spacial score (nSPS) is 11.7. The Kier molecular flexibility index (Phi) is 33.3. The molecule has 62 heavy (non-hydrogen) atoms. The van der Waals surface area contributed by atoms with Crippen LogP contribution in [0.2, 0.25) is 0 Å². The van der Waals surface area contributed by atoms with Crippen molar-refractivity contribution in [2.75, 3.05) is 112 Å². The fraction of sp³-hybridized carbons (Fsp3) is 0.714. The number of alkyl carbamates (subject to hydrolysis) is 1. The Bertz CT molecular complexity index is 1370. The van der Waals surface area contributed by atoms with Crippen LogP contribution < -0.4 is 21.3 Å². The van der Waals surface area contributed by atoms with E-state index in [2.05, 4.69) is 21.3 Å². The van der Waals surface area contributed by atoms with E-state index in [-0.39, 0.29) is 88.8 Å². The number of amides is 4. The molecule has 0 fully saturated rings. The first-order valence-corrected chi connectivity index (χ1v) is 21.1. The fourth-order valence-electron chi connectivity index (χ4n) is 4.88. The molecule has 0 heterocycles. The monoisotopic (exact) mass is 886 g/mol. The number of ether oxygens (including phenoxy) is 9. The molecule has 1 rings (SSSR count). The molecule has 20 nitrogen and oxygen atoms in total. The average molecular weight is 887 g/mol. The van der Waals surface area contributed by atoms with Gasteiger partial charge in [0.1, 0.15) is 18.2 Å². The van der Waals surface area contributed by atoms with Crippen LogP contribution in [-0.4, -0.2) is 165 Å². The summed E-state index contributed by atoms with van der Waals surface area (Å²) >= 11 is 0. The third-order valence-corrected chi connectivity index (χ3v) is 7.96. The maximum atomic E-state index is 12.0. The highest BCUT2D eigenvalue weighted by Crippen LogP contribution is 2.08. The van der Waals surface area contributed by atoms with E-state index in [0.717, 1.165) is 5.56 Å². The third kappa shape index (κ3) is 36.2. The van der Waals surface area contributed by atoms with Crippen LogP contribution in [0.25, 0.3) is 0 Å². The van der Waals surface area contributed by atoms with Gasteiger partial charge >= 0.3 is 18.0 Å². The summed E-state index contributed by atoms with van der Waals surface area (Å²) in [4.78, 5) is 71.0. The molecule has 0 bridgehead atoms. The van der Waals surface area contributed by atoms with E-state index in [9.17, 15) is 33.9 Å². The summed E-state index contributed by atoms with van der Waals surface area (Å²) in [5.41, 5.74) is 0.275. The summed E-state index contributed by atoms with van der Waals surface area (Å²) in [6.07, 6.45) is 1.15. The Morgan fingerprint density at radius 2 is 0.968 bits per heavy atom. The quantitative estimate of drug-likeness (QED) is 0.0468. The van der Waals surface area contributed by atoms with Gasteiger partial charge in [-0.3, -0.25) is 19.2 Å². The summed E-state index contributed by atoms with van der Waals surface area (Å²) < 4.78 is 48.1. The largest absolute Gasteiger partial charge is 0.480 e. The Balaban J connectivity index is 1.82. The van der Waals surface area contributed by atoms with Gasteiger partial charge in [0, 0.05) is 38.9 Å². The first-order valence-electron chi connectivity index (χ1n) is 21.1. The maximum Gasteiger partial charge on any atom is 0.408 e. The number of nitrogens with one attached hydrogen (secondary N) is 4. The van der Waals surface area contributed by atoms with E-state index in [1.165, 1.54) is 0 Å². The highest BCUT2D eigenvalue weighted by atomic mass is 16.6. The van der Waals surface area contributed by atoms with E-state index in [1.807, 2.05) is 39.0 Å². The number of aliphatic carboxylic acids is 1. The number of benzene rings is 1. The predicted molar refractivity (Wildman–Crippen MR) is 224 cm³/mol. The van der Waals surface area contributed by atoms with Gasteiger partial charge in [-0.2, -0.15) is 0 Å². The second-order valence-corrected chi connectivity index (χ2v) is 14.5. The lowest BCUT2D eigenvalue weighted by molar-refractivity contribution is -0.156. The molecule has 0 aromatic heterocycles. The van der Waals surface area contributed by atoms with Crippen molar-refractivity contribution in [1.82, 2.24) is 21.3 Å². The first kappa shape index (κ1) is 55.6. The van der Waals surface area contributed by atoms with Gasteiger partial charge in [-0.15, -0.1) is 0 Å². The smallest absolute Gasteiger partial charge is 0.408 e. The topological polar surface area (TPSA) is 254 Å². The van der Waals surface area contributed by atoms with Gasteiger partial charge in [0.15, 0.2) is 0 Å². The summed E-state index contributed by atoms with van der Waals surface area (Å²) in [5.74, 6) is -1.98. The van der Waals surface area contributed by atoms with Crippen molar-refractivity contribution in [3.05, 3.63) is 35.9 Å². The molecule has 0 aliphatic heterocycles. The van der Waals surface area contributed by atoms with E-state index >= 15 is 0 Å². The number of unbranched alkanes of at least 4 members (excludes halogenated alkanes) is 1. The number of carboxylic acids is 1. The highest BCUT2D eigenvalue weighted by Gasteiger charge is 2.20. The summed E-state index contributed by atoms with van der Waals surface area (Å²) in [5, 5.41) is 20.0. The molecule has 1 aromatic carbocycles. The van der Waals surface area contributed by atoms with Crippen LogP contribution in [0, 0.1) is 0 Å². The third-order valence-electron chi connectivity index (χ3n) is 7.96. The number of esters is 1. The summed E-state index contributed by atoms with van der Waals surface area (Å²) in [7, 11) is 0. The van der Waals surface area contributed by atoms with Gasteiger partial charge in [-0.25, -0.2) is 9.59 Å². The van der Waals surface area contributed by atoms with Crippen molar-refractivity contribution in [1.29, 1.82) is 0 Å². The van der Waals surface area contributed by atoms with E-state index in [1.54, 1.807) is 12.1 Å². The summed E-state index contributed by atoms with van der Waals surface area (Å²) in [6, 6.07) is 7.96. The Morgan fingerprint density at radius 1 is 0.548 bits per heavy atom. The van der Waals surface area contributed by atoms with Crippen LogP contribution >= 0.6 is 0 Å². The van der Waals surface area contributed by atoms with Crippen LogP contribution in [0.1, 0.15) is 71.3 Å². The van der Waals surface area contributed by atoms with Gasteiger partial charge in [-0.05, 0) is 45.6 Å². The molecule has 0 saturated heterocycles. The molecule has 354 valence electrons. The minimum Gasteiger partial charge on any atom is -0.480 e. The Hall–Kier alpha value is -4.44. The Labute approximate surface area is 365 Å². The van der Waals surface area contributed by atoms with Crippen molar-refractivity contribution in [2.45, 2.75) is 84.0 Å². The number of hydrogen-bond acceptors (Lipinski definition) is 15. The minimum absolute atomic E-state index is 0.0366. The lowest BCUT2D eigenvalue weighted by Crippen LogP contribution is -2.41. The molecule has 1 aromatic rings. The minimum atomic E-state index is -1.16. The van der Waals surface area contributed by atoms with Crippen molar-refractivity contribution in [3.63, 3.8) is 0 Å². The molecule has 1 atom stereocenters. The molecular formula is C42H70N4O16. The zero-order valence-corrected chi connectivity index (χ0v) is 36.7. The molecule has 5 N–H and O–H groups in total. The fourth-order valence-corrected chi connectivity index (χ4v) is 4.88. The van der Waals surface area contributed by atoms with E-state index < -0.39 is 23.7 Å². The molecule has 0 aliphatic carbocycles. The van der Waals surface area contributed by atoms with Gasteiger partial charge in [0.2, 0.25) is 17.7 Å². The Morgan fingerprint density at radius 3 is 1.42 bits per heavy atom. The molecule has 0 spiro atoms. The van der Waals surface area contributed by atoms with Crippen molar-refractivity contribution in [3.8, 4) is 0 Å². The van der Waals surface area contributed by atoms with Crippen molar-refractivity contribution in [2.24, 2.45) is 0 Å². The van der Waals surface area contributed by atoms with Gasteiger partial charge < -0.3 is 69.0 Å². The van der Waals surface area contributed by atoms with Gasteiger partial charge in [0.05, 0.1) is 98.9 Å². The lowest BCUT2D eigenvalue weighted by atomic mass is 10.1. The molecule has 0 aliphatic rings. The molecule has 4 amide bonds. The number of rotatable bonds is 39. The van der Waals surface area contributed by atoms with Crippen LogP contribution in [0.15, 0.2) is 30.3 Å². The van der Waals surface area contributed by atoms with Gasteiger partial charge in [0.25, 0.3) is 0 Å².